The molecule has 0 spiro atoms. The summed E-state index contributed by atoms with van der Waals surface area (Å²) in [7, 11) is 0. The molecule has 0 aromatic heterocycles. The van der Waals surface area contributed by atoms with Gasteiger partial charge in [-0.1, -0.05) is 0 Å². The second-order valence-electron chi connectivity index (χ2n) is 3.41. The van der Waals surface area contributed by atoms with Gasteiger partial charge >= 0.3 is 83.4 Å². The molecule has 0 rings (SSSR count). The van der Waals surface area contributed by atoms with Gasteiger partial charge in [0.25, 0.3) is 0 Å². The van der Waals surface area contributed by atoms with Crippen LogP contribution in [0, 0.1) is 11.8 Å². The van der Waals surface area contributed by atoms with Gasteiger partial charge in [0.15, 0.2) is 0 Å². The second-order valence-corrected chi connectivity index (χ2v) is 7.32. The second kappa shape index (κ2) is 6.02. The summed E-state index contributed by atoms with van der Waals surface area (Å²) in [5.74, 6) is -2.12. The van der Waals surface area contributed by atoms with Gasteiger partial charge in [-0.15, -0.1) is 0 Å². The minimum atomic E-state index is -0.945. The molecule has 76 valence electrons. The van der Waals surface area contributed by atoms with Gasteiger partial charge in [-0.05, 0) is 0 Å². The van der Waals surface area contributed by atoms with Gasteiger partial charge in [-0.3, -0.25) is 0 Å². The predicted octanol–water partition coefficient (Wildman–Crippen LogP) is 0.433. The Labute approximate surface area is 83.8 Å². The van der Waals surface area contributed by atoms with E-state index in [1.807, 2.05) is 0 Å². The third-order valence-electron chi connectivity index (χ3n) is 2.12. The van der Waals surface area contributed by atoms with Crippen molar-refractivity contribution < 1.29 is 19.8 Å². The summed E-state index contributed by atoms with van der Waals surface area (Å²) >= 11 is -0.945. The van der Waals surface area contributed by atoms with Crippen LogP contribution in [0.2, 0.25) is 10.5 Å². The first kappa shape index (κ1) is 12.5. The molecule has 2 atom stereocenters. The van der Waals surface area contributed by atoms with Crippen LogP contribution in [0.4, 0.5) is 0 Å². The molecule has 0 saturated carbocycles. The fourth-order valence-electron chi connectivity index (χ4n) is 0.977. The summed E-state index contributed by atoms with van der Waals surface area (Å²) in [6.07, 6.45) is 0. The van der Waals surface area contributed by atoms with Gasteiger partial charge in [0.05, 0.1) is 0 Å². The molecule has 0 radical (unpaired) electrons. The van der Waals surface area contributed by atoms with E-state index in [1.54, 1.807) is 13.8 Å². The van der Waals surface area contributed by atoms with E-state index in [2.05, 4.69) is 0 Å². The topological polar surface area (TPSA) is 74.6 Å². The molecule has 0 aromatic rings. The number of carbonyl (C=O) groups is 2. The van der Waals surface area contributed by atoms with Gasteiger partial charge in [0.2, 0.25) is 0 Å². The summed E-state index contributed by atoms with van der Waals surface area (Å²) in [5, 5.41) is 18.6. The van der Waals surface area contributed by atoms with E-state index in [9.17, 15) is 9.59 Å². The summed E-state index contributed by atoms with van der Waals surface area (Å²) in [4.78, 5) is 20.8. The third-order valence-corrected chi connectivity index (χ3v) is 7.46. The van der Waals surface area contributed by atoms with Crippen LogP contribution >= 0.6 is 0 Å². The summed E-state index contributed by atoms with van der Waals surface area (Å²) in [5.41, 5.74) is 0. The Kier molecular flexibility index (Phi) is 5.78. The first-order chi connectivity index (χ1) is 5.95. The number of hydrogen-bond donors (Lipinski definition) is 2. The normalized spacial score (nSPS) is 15.8. The quantitative estimate of drug-likeness (QED) is 0.669. The average molecular weight is 249 g/mol. The molecule has 5 heteroatoms. The maximum absolute atomic E-state index is 10.4. The van der Waals surface area contributed by atoms with Crippen molar-refractivity contribution in [3.05, 3.63) is 0 Å². The van der Waals surface area contributed by atoms with Crippen LogP contribution in [0.15, 0.2) is 0 Å². The van der Waals surface area contributed by atoms with E-state index >= 15 is 0 Å². The zero-order valence-corrected chi connectivity index (χ0v) is 11.0. The SMILES string of the molecule is CC([CH2][GeH2][CH2]C(C)C(=O)O)C(=O)O. The molecule has 0 saturated heterocycles. The molecule has 4 nitrogen and oxygen atoms in total. The summed E-state index contributed by atoms with van der Waals surface area (Å²) < 4.78 is 0. The Balaban J connectivity index is 3.56. The molecule has 0 aliphatic heterocycles. The van der Waals surface area contributed by atoms with Crippen molar-refractivity contribution in [2.45, 2.75) is 24.4 Å². The Morgan fingerprint density at radius 2 is 1.38 bits per heavy atom. The molecule has 0 aliphatic carbocycles. The van der Waals surface area contributed by atoms with Gasteiger partial charge in [0.1, 0.15) is 0 Å². The van der Waals surface area contributed by atoms with E-state index in [0.29, 0.717) is 0 Å². The number of rotatable bonds is 6. The fourth-order valence-corrected chi connectivity index (χ4v) is 5.08. The van der Waals surface area contributed by atoms with E-state index in [-0.39, 0.29) is 11.8 Å². The number of carboxylic acid groups (broad SMARTS) is 2. The van der Waals surface area contributed by atoms with Crippen LogP contribution in [0.3, 0.4) is 0 Å². The Morgan fingerprint density at radius 1 is 1.08 bits per heavy atom. The summed E-state index contributed by atoms with van der Waals surface area (Å²) in [6, 6.07) is 0. The van der Waals surface area contributed by atoms with Crippen molar-refractivity contribution in [2.24, 2.45) is 11.8 Å². The third kappa shape index (κ3) is 5.68. The molecule has 0 heterocycles. The molecule has 2 unspecified atom stereocenters. The first-order valence-corrected chi connectivity index (χ1v) is 8.60. The molecule has 0 bridgehead atoms. The van der Waals surface area contributed by atoms with E-state index in [0.717, 1.165) is 10.5 Å². The number of hydrogen-bond acceptors (Lipinski definition) is 2. The van der Waals surface area contributed by atoms with E-state index in [1.165, 1.54) is 0 Å². The van der Waals surface area contributed by atoms with E-state index < -0.39 is 27.4 Å². The standard InChI is InChI=1S/C8H16GeO4/c1-5(7(10)11)3-9-4-6(2)8(12)13/h5-6H,3-4,9H2,1-2H3,(H,10,11)(H,12,13). The average Bonchev–Trinajstić information content (AvgIpc) is 2.03. The van der Waals surface area contributed by atoms with Gasteiger partial charge in [0, 0.05) is 0 Å². The fraction of sp³-hybridized carbons (Fsp3) is 0.750. The Bertz CT molecular complexity index is 173. The molecule has 0 aromatic carbocycles. The van der Waals surface area contributed by atoms with Crippen LogP contribution < -0.4 is 0 Å². The molecule has 0 amide bonds. The first-order valence-electron chi connectivity index (χ1n) is 4.40. The van der Waals surface area contributed by atoms with Crippen LogP contribution in [-0.4, -0.2) is 37.6 Å². The number of carboxylic acids is 2. The monoisotopic (exact) mass is 250 g/mol. The van der Waals surface area contributed by atoms with Crippen LogP contribution in [0.1, 0.15) is 13.8 Å². The minimum absolute atomic E-state index is 0.291. The molecular weight excluding hydrogens is 233 g/mol. The molecule has 0 fully saturated rings. The van der Waals surface area contributed by atoms with Gasteiger partial charge in [-0.2, -0.15) is 0 Å². The van der Waals surface area contributed by atoms with Crippen molar-refractivity contribution in [3.8, 4) is 0 Å². The van der Waals surface area contributed by atoms with Crippen LogP contribution in [0.5, 0.6) is 0 Å². The zero-order chi connectivity index (χ0) is 10.4. The molecule has 2 N–H and O–H groups in total. The Hall–Kier alpha value is -0.517. The maximum atomic E-state index is 10.4. The van der Waals surface area contributed by atoms with Gasteiger partial charge in [-0.25, -0.2) is 0 Å². The molecule has 13 heavy (non-hydrogen) atoms. The molecular formula is C8H16GeO4. The number of aliphatic carboxylic acids is 2. The van der Waals surface area contributed by atoms with Crippen LogP contribution in [0.25, 0.3) is 0 Å². The van der Waals surface area contributed by atoms with Crippen molar-refractivity contribution in [1.29, 1.82) is 0 Å². The van der Waals surface area contributed by atoms with Crippen molar-refractivity contribution in [1.82, 2.24) is 0 Å². The summed E-state index contributed by atoms with van der Waals surface area (Å²) in [6.45, 7) is 3.36. The van der Waals surface area contributed by atoms with E-state index in [4.69, 9.17) is 10.2 Å². The molecule has 0 aliphatic rings. The predicted molar refractivity (Wildman–Crippen MR) is 51.8 cm³/mol. The Morgan fingerprint density at radius 3 is 1.62 bits per heavy atom. The van der Waals surface area contributed by atoms with Crippen LogP contribution in [-0.2, 0) is 9.59 Å². The van der Waals surface area contributed by atoms with Crippen molar-refractivity contribution in [2.75, 3.05) is 0 Å². The van der Waals surface area contributed by atoms with Crippen molar-refractivity contribution >= 4 is 27.4 Å². The van der Waals surface area contributed by atoms with Gasteiger partial charge < -0.3 is 0 Å². The zero-order valence-electron chi connectivity index (χ0n) is 7.99. The van der Waals surface area contributed by atoms with Crippen molar-refractivity contribution in [3.63, 3.8) is 0 Å².